The number of benzene rings is 1. The third-order valence-corrected chi connectivity index (χ3v) is 4.69. The molecule has 9 nitrogen and oxygen atoms in total. The number of piperazine rings is 1. The van der Waals surface area contributed by atoms with Crippen molar-refractivity contribution in [2.45, 2.75) is 6.61 Å². The van der Waals surface area contributed by atoms with E-state index in [1.54, 1.807) is 42.6 Å². The zero-order chi connectivity index (χ0) is 20.1. The van der Waals surface area contributed by atoms with Crippen LogP contribution in [0.4, 0.5) is 5.95 Å². The number of carbonyl (C=O) groups is 1. The summed E-state index contributed by atoms with van der Waals surface area (Å²) in [5.74, 6) is 2.01. The Morgan fingerprint density at radius 1 is 1.07 bits per heavy atom. The van der Waals surface area contributed by atoms with Crippen LogP contribution < -0.4 is 14.4 Å². The summed E-state index contributed by atoms with van der Waals surface area (Å²) >= 11 is 0. The lowest BCUT2D eigenvalue weighted by Gasteiger charge is -2.34. The normalized spacial score (nSPS) is 14.0. The molecule has 0 spiro atoms. The van der Waals surface area contributed by atoms with Gasteiger partial charge in [-0.1, -0.05) is 6.07 Å². The molecule has 1 amide bonds. The van der Waals surface area contributed by atoms with Crippen molar-refractivity contribution in [1.82, 2.24) is 25.1 Å². The summed E-state index contributed by atoms with van der Waals surface area (Å²) < 4.78 is 10.9. The molecule has 2 aromatic heterocycles. The van der Waals surface area contributed by atoms with Crippen molar-refractivity contribution in [2.75, 3.05) is 38.2 Å². The number of ether oxygens (including phenoxy) is 2. The number of H-pyrrole nitrogens is 1. The number of aromatic nitrogens is 4. The quantitative estimate of drug-likeness (QED) is 0.680. The van der Waals surface area contributed by atoms with E-state index in [1.807, 2.05) is 18.2 Å². The number of amides is 1. The van der Waals surface area contributed by atoms with Crippen LogP contribution in [0.3, 0.4) is 0 Å². The molecule has 0 unspecified atom stereocenters. The summed E-state index contributed by atoms with van der Waals surface area (Å²) in [5.41, 5.74) is 1.12. The van der Waals surface area contributed by atoms with Gasteiger partial charge in [0.05, 0.1) is 12.8 Å². The highest BCUT2D eigenvalue weighted by Crippen LogP contribution is 2.20. The number of hydrogen-bond acceptors (Lipinski definition) is 7. The molecule has 0 aliphatic carbocycles. The number of hydrogen-bond donors (Lipinski definition) is 1. The topological polar surface area (TPSA) is 96.5 Å². The van der Waals surface area contributed by atoms with E-state index in [0.717, 1.165) is 11.4 Å². The molecular weight excluding hydrogens is 372 g/mol. The molecule has 150 valence electrons. The van der Waals surface area contributed by atoms with Crippen molar-refractivity contribution in [2.24, 2.45) is 0 Å². The first kappa shape index (κ1) is 18.7. The largest absolute Gasteiger partial charge is 0.497 e. The molecule has 0 bridgehead atoms. The number of nitrogens with one attached hydrogen (secondary N) is 1. The Balaban J connectivity index is 1.31. The van der Waals surface area contributed by atoms with Gasteiger partial charge in [0.15, 0.2) is 5.69 Å². The molecule has 4 rings (SSSR count). The number of aromatic amines is 1. The number of carbonyl (C=O) groups excluding carboxylic acids is 1. The average molecular weight is 394 g/mol. The second-order valence-electron chi connectivity index (χ2n) is 6.57. The van der Waals surface area contributed by atoms with E-state index in [0.29, 0.717) is 43.6 Å². The first-order valence-corrected chi connectivity index (χ1v) is 9.35. The van der Waals surface area contributed by atoms with Gasteiger partial charge in [0.1, 0.15) is 18.1 Å². The van der Waals surface area contributed by atoms with Crippen LogP contribution in [-0.2, 0) is 6.61 Å². The molecule has 0 radical (unpaired) electrons. The van der Waals surface area contributed by atoms with Crippen LogP contribution in [0.1, 0.15) is 16.2 Å². The molecule has 1 fully saturated rings. The van der Waals surface area contributed by atoms with Gasteiger partial charge in [-0.3, -0.25) is 9.89 Å². The molecule has 1 aliphatic heterocycles. The van der Waals surface area contributed by atoms with E-state index in [4.69, 9.17) is 9.47 Å². The highest BCUT2D eigenvalue weighted by atomic mass is 16.5. The van der Waals surface area contributed by atoms with Crippen molar-refractivity contribution in [1.29, 1.82) is 0 Å². The number of anilines is 1. The Kier molecular flexibility index (Phi) is 5.55. The zero-order valence-corrected chi connectivity index (χ0v) is 16.1. The average Bonchev–Trinajstić information content (AvgIpc) is 3.27. The lowest BCUT2D eigenvalue weighted by atomic mass is 10.2. The van der Waals surface area contributed by atoms with E-state index in [1.165, 1.54) is 0 Å². The first-order chi connectivity index (χ1) is 14.2. The van der Waals surface area contributed by atoms with Crippen LogP contribution in [0.2, 0.25) is 0 Å². The number of rotatable bonds is 6. The van der Waals surface area contributed by atoms with Gasteiger partial charge in [0.25, 0.3) is 5.91 Å². The predicted molar refractivity (Wildman–Crippen MR) is 106 cm³/mol. The van der Waals surface area contributed by atoms with Crippen LogP contribution in [0.5, 0.6) is 11.5 Å². The molecule has 1 saturated heterocycles. The van der Waals surface area contributed by atoms with E-state index in [9.17, 15) is 4.79 Å². The minimum Gasteiger partial charge on any atom is -0.497 e. The van der Waals surface area contributed by atoms with Crippen molar-refractivity contribution in [3.63, 3.8) is 0 Å². The summed E-state index contributed by atoms with van der Waals surface area (Å²) in [4.78, 5) is 25.1. The molecule has 0 saturated carbocycles. The second kappa shape index (κ2) is 8.59. The van der Waals surface area contributed by atoms with Crippen LogP contribution >= 0.6 is 0 Å². The third kappa shape index (κ3) is 4.45. The fraction of sp³-hybridized carbons (Fsp3) is 0.300. The van der Waals surface area contributed by atoms with Crippen molar-refractivity contribution >= 4 is 11.9 Å². The highest BCUT2D eigenvalue weighted by molar-refractivity contribution is 5.92. The Morgan fingerprint density at radius 2 is 1.83 bits per heavy atom. The van der Waals surface area contributed by atoms with Gasteiger partial charge in [-0.2, -0.15) is 5.10 Å². The minimum atomic E-state index is -0.0949. The molecule has 29 heavy (non-hydrogen) atoms. The first-order valence-electron chi connectivity index (χ1n) is 9.35. The molecule has 9 heteroatoms. The van der Waals surface area contributed by atoms with Gasteiger partial charge in [0, 0.05) is 44.6 Å². The monoisotopic (exact) mass is 394 g/mol. The van der Waals surface area contributed by atoms with Crippen LogP contribution in [0, 0.1) is 0 Å². The zero-order valence-electron chi connectivity index (χ0n) is 16.1. The lowest BCUT2D eigenvalue weighted by Crippen LogP contribution is -2.49. The van der Waals surface area contributed by atoms with E-state index >= 15 is 0 Å². The predicted octanol–water partition coefficient (Wildman–Crippen LogP) is 1.75. The van der Waals surface area contributed by atoms with E-state index in [2.05, 4.69) is 25.1 Å². The Morgan fingerprint density at radius 3 is 2.59 bits per heavy atom. The fourth-order valence-electron chi connectivity index (χ4n) is 3.12. The smallest absolute Gasteiger partial charge is 0.274 e. The Bertz CT molecular complexity index is 954. The van der Waals surface area contributed by atoms with Gasteiger partial charge in [0.2, 0.25) is 5.95 Å². The van der Waals surface area contributed by atoms with Crippen molar-refractivity contribution in [3.05, 3.63) is 60.2 Å². The molecule has 3 aromatic rings. The summed E-state index contributed by atoms with van der Waals surface area (Å²) in [7, 11) is 1.61. The van der Waals surface area contributed by atoms with Gasteiger partial charge in [-0.15, -0.1) is 0 Å². The standard InChI is InChI=1S/C20H22N6O3/c1-28-16-4-2-5-17(13-16)29-14-15-12-18(24-23-15)19(27)25-8-10-26(11-9-25)20-21-6-3-7-22-20/h2-7,12-13H,8-11,14H2,1H3,(H,23,24). The summed E-state index contributed by atoms with van der Waals surface area (Å²) in [6.07, 6.45) is 3.44. The van der Waals surface area contributed by atoms with E-state index < -0.39 is 0 Å². The van der Waals surface area contributed by atoms with Crippen LogP contribution in [0.25, 0.3) is 0 Å². The second-order valence-corrected chi connectivity index (χ2v) is 6.57. The van der Waals surface area contributed by atoms with Gasteiger partial charge < -0.3 is 19.3 Å². The lowest BCUT2D eigenvalue weighted by molar-refractivity contribution is 0.0740. The minimum absolute atomic E-state index is 0.0949. The molecule has 1 aliphatic rings. The van der Waals surface area contributed by atoms with Crippen LogP contribution in [0.15, 0.2) is 48.8 Å². The SMILES string of the molecule is COc1cccc(OCc2cc(C(=O)N3CCN(c4ncccn4)CC3)n[nH]2)c1. The molecule has 1 aromatic carbocycles. The van der Waals surface area contributed by atoms with Crippen molar-refractivity contribution in [3.8, 4) is 11.5 Å². The summed E-state index contributed by atoms with van der Waals surface area (Å²) in [5, 5.41) is 7.03. The molecule has 1 N–H and O–H groups in total. The highest BCUT2D eigenvalue weighted by Gasteiger charge is 2.24. The van der Waals surface area contributed by atoms with Crippen molar-refractivity contribution < 1.29 is 14.3 Å². The maximum absolute atomic E-state index is 12.8. The third-order valence-electron chi connectivity index (χ3n) is 4.69. The molecular formula is C20H22N6O3. The van der Waals surface area contributed by atoms with Gasteiger partial charge in [-0.25, -0.2) is 9.97 Å². The van der Waals surface area contributed by atoms with E-state index in [-0.39, 0.29) is 12.5 Å². The maximum atomic E-state index is 12.8. The Hall–Kier alpha value is -3.62. The van der Waals surface area contributed by atoms with Gasteiger partial charge >= 0.3 is 0 Å². The summed E-state index contributed by atoms with van der Waals surface area (Å²) in [6, 6.07) is 10.9. The molecule has 3 heterocycles. The molecule has 0 atom stereocenters. The number of nitrogens with zero attached hydrogens (tertiary/aromatic N) is 5. The van der Waals surface area contributed by atoms with Gasteiger partial charge in [-0.05, 0) is 24.3 Å². The fourth-order valence-corrected chi connectivity index (χ4v) is 3.12. The summed E-state index contributed by atoms with van der Waals surface area (Å²) in [6.45, 7) is 2.85. The van der Waals surface area contributed by atoms with Crippen LogP contribution in [-0.4, -0.2) is 64.3 Å². The number of methoxy groups -OCH3 is 1. The maximum Gasteiger partial charge on any atom is 0.274 e. The Labute approximate surface area is 168 Å².